The number of carbonyl (C=O) groups excluding carboxylic acids is 2. The fourth-order valence-corrected chi connectivity index (χ4v) is 3.11. The Morgan fingerprint density at radius 2 is 1.89 bits per heavy atom. The van der Waals surface area contributed by atoms with Gasteiger partial charge in [-0.15, -0.1) is 0 Å². The molecule has 142 valence electrons. The quantitative estimate of drug-likeness (QED) is 0.439. The number of hydrogen-bond acceptors (Lipinski definition) is 4. The molecule has 0 atom stereocenters. The fraction of sp³-hybridized carbons (Fsp3) is 0.211. The van der Waals surface area contributed by atoms with Crippen molar-refractivity contribution in [3.05, 3.63) is 57.0 Å². The van der Waals surface area contributed by atoms with Gasteiger partial charge in [-0.1, -0.05) is 28.1 Å². The highest BCUT2D eigenvalue weighted by atomic mass is 79.9. The van der Waals surface area contributed by atoms with Crippen LogP contribution in [0.1, 0.15) is 18.9 Å². The first-order chi connectivity index (χ1) is 12.8. The van der Waals surface area contributed by atoms with Gasteiger partial charge in [-0.2, -0.15) is 5.10 Å². The van der Waals surface area contributed by atoms with Gasteiger partial charge in [0.05, 0.1) is 10.9 Å². The van der Waals surface area contributed by atoms with Crippen molar-refractivity contribution < 1.29 is 14.3 Å². The van der Waals surface area contributed by atoms with E-state index in [1.165, 1.54) is 0 Å². The number of nitrogens with zero attached hydrogens (tertiary/aromatic N) is 1. The molecule has 0 spiro atoms. The van der Waals surface area contributed by atoms with E-state index in [-0.39, 0.29) is 18.9 Å². The van der Waals surface area contributed by atoms with E-state index in [9.17, 15) is 9.59 Å². The molecule has 0 fully saturated rings. The van der Waals surface area contributed by atoms with Gasteiger partial charge in [0.2, 0.25) is 5.91 Å². The van der Waals surface area contributed by atoms with Gasteiger partial charge < -0.3 is 10.1 Å². The van der Waals surface area contributed by atoms with E-state index in [4.69, 9.17) is 4.74 Å². The van der Waals surface area contributed by atoms with Gasteiger partial charge in [-0.05, 0) is 65.7 Å². The molecule has 2 aromatic carbocycles. The molecule has 0 saturated carbocycles. The molecule has 8 heteroatoms. The first-order valence-electron chi connectivity index (χ1n) is 8.10. The predicted molar refractivity (Wildman–Crippen MR) is 113 cm³/mol. The highest BCUT2D eigenvalue weighted by molar-refractivity contribution is 9.10. The molecule has 0 aliphatic carbocycles. The van der Waals surface area contributed by atoms with Crippen molar-refractivity contribution >= 4 is 55.1 Å². The summed E-state index contributed by atoms with van der Waals surface area (Å²) in [7, 11) is 0. The average molecular weight is 497 g/mol. The lowest BCUT2D eigenvalue weighted by Gasteiger charge is -2.08. The lowest BCUT2D eigenvalue weighted by Crippen LogP contribution is -2.26. The maximum atomic E-state index is 12.0. The fourth-order valence-electron chi connectivity index (χ4n) is 2.10. The Labute approximate surface area is 174 Å². The molecular formula is C19H19Br2N3O3. The summed E-state index contributed by atoms with van der Waals surface area (Å²) >= 11 is 6.73. The van der Waals surface area contributed by atoms with Crippen molar-refractivity contribution in [2.45, 2.75) is 20.3 Å². The first-order valence-corrected chi connectivity index (χ1v) is 9.68. The molecular weight excluding hydrogens is 478 g/mol. The molecule has 0 heterocycles. The first kappa shape index (κ1) is 21.1. The third-order valence-corrected chi connectivity index (χ3v) is 4.46. The second kappa shape index (κ2) is 10.2. The van der Waals surface area contributed by atoms with Gasteiger partial charge in [0.25, 0.3) is 5.91 Å². The van der Waals surface area contributed by atoms with Crippen LogP contribution in [0.25, 0.3) is 0 Å². The Kier molecular flexibility index (Phi) is 7.99. The Morgan fingerprint density at radius 3 is 2.59 bits per heavy atom. The maximum Gasteiger partial charge on any atom is 0.277 e. The van der Waals surface area contributed by atoms with Crippen molar-refractivity contribution in [2.24, 2.45) is 5.10 Å². The van der Waals surface area contributed by atoms with Crippen LogP contribution < -0.4 is 15.5 Å². The summed E-state index contributed by atoms with van der Waals surface area (Å²) < 4.78 is 7.10. The van der Waals surface area contributed by atoms with E-state index in [1.54, 1.807) is 25.1 Å². The number of halogens is 2. The van der Waals surface area contributed by atoms with Crippen LogP contribution in [-0.4, -0.2) is 24.1 Å². The third-order valence-electron chi connectivity index (χ3n) is 3.34. The lowest BCUT2D eigenvalue weighted by atomic mass is 10.2. The Hall–Kier alpha value is -2.19. The molecule has 6 nitrogen and oxygen atoms in total. The summed E-state index contributed by atoms with van der Waals surface area (Å²) in [5, 5.41) is 6.69. The molecule has 0 bridgehead atoms. The van der Waals surface area contributed by atoms with Gasteiger partial charge in [0, 0.05) is 15.9 Å². The van der Waals surface area contributed by atoms with Crippen molar-refractivity contribution in [3.63, 3.8) is 0 Å². The van der Waals surface area contributed by atoms with E-state index in [2.05, 4.69) is 47.7 Å². The molecule has 2 amide bonds. The summed E-state index contributed by atoms with van der Waals surface area (Å²) in [6.45, 7) is 3.45. The van der Waals surface area contributed by atoms with Crippen LogP contribution in [0.3, 0.4) is 0 Å². The van der Waals surface area contributed by atoms with Gasteiger partial charge >= 0.3 is 0 Å². The molecule has 27 heavy (non-hydrogen) atoms. The molecule has 0 saturated heterocycles. The molecule has 0 aliphatic heterocycles. The van der Waals surface area contributed by atoms with Crippen molar-refractivity contribution in [3.8, 4) is 5.75 Å². The number of aryl methyl sites for hydroxylation is 1. The summed E-state index contributed by atoms with van der Waals surface area (Å²) in [6, 6.07) is 12.9. The molecule has 2 aromatic rings. The van der Waals surface area contributed by atoms with Crippen LogP contribution >= 0.6 is 31.9 Å². The number of benzene rings is 2. The van der Waals surface area contributed by atoms with Crippen molar-refractivity contribution in [1.29, 1.82) is 0 Å². The predicted octanol–water partition coefficient (Wildman–Crippen LogP) is 4.42. The second-order valence-corrected chi connectivity index (χ2v) is 7.61. The number of rotatable bonds is 7. The normalized spacial score (nSPS) is 11.0. The third kappa shape index (κ3) is 7.52. The Bertz CT molecular complexity index is 869. The van der Waals surface area contributed by atoms with Crippen LogP contribution in [0.2, 0.25) is 0 Å². The lowest BCUT2D eigenvalue weighted by molar-refractivity contribution is -0.123. The monoisotopic (exact) mass is 495 g/mol. The number of amides is 2. The topological polar surface area (TPSA) is 79.8 Å². The Balaban J connectivity index is 1.78. The summed E-state index contributed by atoms with van der Waals surface area (Å²) in [6.07, 6.45) is 0.0666. The summed E-state index contributed by atoms with van der Waals surface area (Å²) in [5.74, 6) is -0.0532. The smallest absolute Gasteiger partial charge is 0.277 e. The van der Waals surface area contributed by atoms with Crippen molar-refractivity contribution in [2.75, 3.05) is 11.9 Å². The molecule has 0 unspecified atom stereocenters. The number of hydrazone groups is 1. The number of nitrogens with one attached hydrogen (secondary N) is 2. The second-order valence-electron chi connectivity index (χ2n) is 5.84. The molecule has 0 aliphatic rings. The zero-order valence-electron chi connectivity index (χ0n) is 14.9. The van der Waals surface area contributed by atoms with E-state index >= 15 is 0 Å². The Morgan fingerprint density at radius 1 is 1.11 bits per heavy atom. The minimum Gasteiger partial charge on any atom is -0.483 e. The van der Waals surface area contributed by atoms with Gasteiger partial charge in [0.1, 0.15) is 5.75 Å². The van der Waals surface area contributed by atoms with Crippen LogP contribution in [0.4, 0.5) is 5.69 Å². The largest absolute Gasteiger partial charge is 0.483 e. The van der Waals surface area contributed by atoms with E-state index in [1.807, 2.05) is 31.2 Å². The van der Waals surface area contributed by atoms with Crippen LogP contribution in [-0.2, 0) is 9.59 Å². The van der Waals surface area contributed by atoms with E-state index in [0.29, 0.717) is 17.1 Å². The number of ether oxygens (including phenoxy) is 1. The zero-order chi connectivity index (χ0) is 19.8. The standard InChI is InChI=1S/C19H19Br2N3O3/c1-12-6-7-17(16(21)8-12)27-11-19(26)24-23-13(2)9-18(25)22-15-5-3-4-14(20)10-15/h3-8,10H,9,11H2,1-2H3,(H,22,25)(H,24,26). The zero-order valence-corrected chi connectivity index (χ0v) is 18.1. The van der Waals surface area contributed by atoms with E-state index < -0.39 is 5.91 Å². The minimum atomic E-state index is -0.408. The maximum absolute atomic E-state index is 12.0. The van der Waals surface area contributed by atoms with Gasteiger partial charge in [0.15, 0.2) is 6.61 Å². The number of hydrogen-bond donors (Lipinski definition) is 2. The van der Waals surface area contributed by atoms with Gasteiger partial charge in [-0.25, -0.2) is 5.43 Å². The van der Waals surface area contributed by atoms with E-state index in [0.717, 1.165) is 14.5 Å². The van der Waals surface area contributed by atoms with Crippen LogP contribution in [0.5, 0.6) is 5.75 Å². The molecule has 2 N–H and O–H groups in total. The molecule has 0 aromatic heterocycles. The number of carbonyl (C=O) groups is 2. The minimum absolute atomic E-state index is 0.0666. The highest BCUT2D eigenvalue weighted by Gasteiger charge is 2.08. The summed E-state index contributed by atoms with van der Waals surface area (Å²) in [4.78, 5) is 23.9. The van der Waals surface area contributed by atoms with Gasteiger partial charge in [-0.3, -0.25) is 9.59 Å². The highest BCUT2D eigenvalue weighted by Crippen LogP contribution is 2.25. The van der Waals surface area contributed by atoms with Crippen molar-refractivity contribution in [1.82, 2.24) is 5.43 Å². The average Bonchev–Trinajstić information content (AvgIpc) is 2.59. The van der Waals surface area contributed by atoms with Crippen LogP contribution in [0.15, 0.2) is 56.5 Å². The SMILES string of the molecule is CC(CC(=O)Nc1cccc(Br)c1)=NNC(=O)COc1ccc(C)cc1Br. The molecule has 2 rings (SSSR count). The molecule has 0 radical (unpaired) electrons. The summed E-state index contributed by atoms with van der Waals surface area (Å²) in [5.41, 5.74) is 4.63. The van der Waals surface area contributed by atoms with Crippen LogP contribution in [0, 0.1) is 6.92 Å². The number of anilines is 1.